The van der Waals surface area contributed by atoms with Crippen molar-refractivity contribution in [2.45, 2.75) is 0 Å². The second kappa shape index (κ2) is 13.2. The Balaban J connectivity index is 1.21. The molecule has 0 bridgehead atoms. The van der Waals surface area contributed by atoms with Crippen LogP contribution in [-0.2, 0) is 0 Å². The Hall–Kier alpha value is -7.42. The van der Waals surface area contributed by atoms with E-state index in [0.29, 0.717) is 0 Å². The van der Waals surface area contributed by atoms with E-state index >= 15 is 0 Å². The van der Waals surface area contributed by atoms with Crippen LogP contribution in [0.3, 0.4) is 0 Å². The highest BCUT2D eigenvalue weighted by atomic mass is 16.3. The molecule has 2 nitrogen and oxygen atoms in total. The predicted molar refractivity (Wildman–Crippen MR) is 237 cm³/mol. The minimum atomic E-state index is 0.853. The van der Waals surface area contributed by atoms with Crippen LogP contribution in [0.2, 0.25) is 0 Å². The van der Waals surface area contributed by atoms with E-state index in [9.17, 15) is 0 Å². The Kier molecular flexibility index (Phi) is 7.53. The van der Waals surface area contributed by atoms with E-state index in [1.807, 2.05) is 0 Å². The molecular formula is C54H35NO. The summed E-state index contributed by atoms with van der Waals surface area (Å²) in [5, 5.41) is 9.39. The van der Waals surface area contributed by atoms with Crippen LogP contribution in [0.15, 0.2) is 217 Å². The number of hydrogen-bond donors (Lipinski definition) is 0. The first kappa shape index (κ1) is 32.0. The first-order valence-corrected chi connectivity index (χ1v) is 19.2. The van der Waals surface area contributed by atoms with E-state index in [1.165, 1.54) is 49.2 Å². The third-order valence-electron chi connectivity index (χ3n) is 11.2. The van der Waals surface area contributed by atoms with E-state index in [-0.39, 0.29) is 0 Å². The summed E-state index contributed by atoms with van der Waals surface area (Å²) in [6, 6.07) is 76.2. The highest BCUT2D eigenvalue weighted by Crippen LogP contribution is 2.49. The van der Waals surface area contributed by atoms with Crippen molar-refractivity contribution >= 4 is 71.3 Å². The van der Waals surface area contributed by atoms with Crippen LogP contribution in [0.25, 0.3) is 87.6 Å². The number of benzene rings is 10. The smallest absolute Gasteiger partial charge is 0.160 e. The van der Waals surface area contributed by atoms with Crippen molar-refractivity contribution in [3.63, 3.8) is 0 Å². The molecule has 262 valence electrons. The molecule has 11 aromatic rings. The number of fused-ring (bicyclic) bond motifs is 9. The van der Waals surface area contributed by atoms with Crippen LogP contribution in [0.1, 0.15) is 0 Å². The number of nitrogens with zero attached hydrogens (tertiary/aromatic N) is 1. The molecule has 56 heavy (non-hydrogen) atoms. The third kappa shape index (κ3) is 5.26. The molecule has 0 amide bonds. The number of rotatable bonds is 6. The molecular weight excluding hydrogens is 679 g/mol. The minimum absolute atomic E-state index is 0.853. The van der Waals surface area contributed by atoms with E-state index in [4.69, 9.17) is 4.42 Å². The Labute approximate surface area is 325 Å². The van der Waals surface area contributed by atoms with Gasteiger partial charge in [0.15, 0.2) is 5.58 Å². The summed E-state index contributed by atoms with van der Waals surface area (Å²) in [5.41, 5.74) is 11.9. The standard InChI is InChI=1S/C54H35NO/c1-3-13-36(14-4-1)39-25-29-43(30-26-39)55(44-31-27-40(28-32-44)37-15-5-2-6-16-37)50-34-33-45(42-24-23-38-17-7-8-18-41(38)35-42)51-52-48-21-11-9-19-46(48)47-20-10-12-22-49(47)53(52)56-54(50)51/h1-35H. The Morgan fingerprint density at radius 2 is 0.786 bits per heavy atom. The van der Waals surface area contributed by atoms with Crippen LogP contribution < -0.4 is 4.90 Å². The molecule has 0 aliphatic carbocycles. The molecule has 1 heterocycles. The minimum Gasteiger partial charge on any atom is -0.453 e. The molecule has 0 N–H and O–H groups in total. The normalized spacial score (nSPS) is 11.6. The van der Waals surface area contributed by atoms with Gasteiger partial charge >= 0.3 is 0 Å². The molecule has 0 aliphatic heterocycles. The molecule has 0 saturated carbocycles. The Morgan fingerprint density at radius 3 is 1.41 bits per heavy atom. The SMILES string of the molecule is c1ccc(-c2ccc(N(c3ccc(-c4ccccc4)cc3)c3ccc(-c4ccc5ccccc5c4)c4c3oc3c5ccccc5c5ccccc5c34)cc2)cc1. The second-order valence-electron chi connectivity index (χ2n) is 14.5. The molecule has 0 spiro atoms. The highest BCUT2D eigenvalue weighted by molar-refractivity contribution is 6.33. The van der Waals surface area contributed by atoms with Crippen molar-refractivity contribution in [2.24, 2.45) is 0 Å². The van der Waals surface area contributed by atoms with Gasteiger partial charge in [-0.05, 0) is 96.7 Å². The van der Waals surface area contributed by atoms with Crippen LogP contribution >= 0.6 is 0 Å². The molecule has 0 fully saturated rings. The number of furan rings is 1. The quantitative estimate of drug-likeness (QED) is 0.160. The Bertz CT molecular complexity index is 3130. The van der Waals surface area contributed by atoms with Crippen LogP contribution in [0, 0.1) is 0 Å². The lowest BCUT2D eigenvalue weighted by Crippen LogP contribution is -2.10. The third-order valence-corrected chi connectivity index (χ3v) is 11.2. The summed E-state index contributed by atoms with van der Waals surface area (Å²) >= 11 is 0. The van der Waals surface area contributed by atoms with Gasteiger partial charge in [0.2, 0.25) is 0 Å². The molecule has 2 heteroatoms. The molecule has 0 atom stereocenters. The fraction of sp³-hybridized carbons (Fsp3) is 0. The maximum absolute atomic E-state index is 7.32. The fourth-order valence-corrected chi connectivity index (χ4v) is 8.56. The molecule has 10 aromatic carbocycles. The van der Waals surface area contributed by atoms with Crippen molar-refractivity contribution in [2.75, 3.05) is 4.90 Å². The second-order valence-corrected chi connectivity index (χ2v) is 14.5. The van der Waals surface area contributed by atoms with Gasteiger partial charge in [-0.2, -0.15) is 0 Å². The number of hydrogen-bond acceptors (Lipinski definition) is 2. The highest BCUT2D eigenvalue weighted by Gasteiger charge is 2.25. The average Bonchev–Trinajstić information content (AvgIpc) is 3.69. The summed E-state index contributed by atoms with van der Waals surface area (Å²) in [4.78, 5) is 2.35. The van der Waals surface area contributed by atoms with Gasteiger partial charge in [0, 0.05) is 27.5 Å². The molecule has 0 unspecified atom stereocenters. The van der Waals surface area contributed by atoms with Gasteiger partial charge in [0.05, 0.1) is 5.69 Å². The zero-order chi connectivity index (χ0) is 37.0. The van der Waals surface area contributed by atoms with Crippen molar-refractivity contribution in [3.05, 3.63) is 212 Å². The van der Waals surface area contributed by atoms with E-state index in [2.05, 4.69) is 217 Å². The van der Waals surface area contributed by atoms with E-state index < -0.39 is 0 Å². The van der Waals surface area contributed by atoms with E-state index in [0.717, 1.165) is 55.5 Å². The monoisotopic (exact) mass is 713 g/mol. The van der Waals surface area contributed by atoms with Crippen LogP contribution in [-0.4, -0.2) is 0 Å². The van der Waals surface area contributed by atoms with Gasteiger partial charge in [-0.25, -0.2) is 0 Å². The van der Waals surface area contributed by atoms with Crippen molar-refractivity contribution in [1.29, 1.82) is 0 Å². The summed E-state index contributed by atoms with van der Waals surface area (Å²) in [5.74, 6) is 0. The fourth-order valence-electron chi connectivity index (χ4n) is 8.56. The van der Waals surface area contributed by atoms with Gasteiger partial charge in [-0.3, -0.25) is 0 Å². The molecule has 11 rings (SSSR count). The lowest BCUT2D eigenvalue weighted by molar-refractivity contribution is 0.673. The summed E-state index contributed by atoms with van der Waals surface area (Å²) < 4.78 is 7.32. The summed E-state index contributed by atoms with van der Waals surface area (Å²) in [6.45, 7) is 0. The maximum Gasteiger partial charge on any atom is 0.160 e. The summed E-state index contributed by atoms with van der Waals surface area (Å²) in [6.07, 6.45) is 0. The Morgan fingerprint density at radius 1 is 0.304 bits per heavy atom. The molecule has 0 radical (unpaired) electrons. The zero-order valence-corrected chi connectivity index (χ0v) is 30.6. The van der Waals surface area contributed by atoms with Crippen LogP contribution in [0.5, 0.6) is 0 Å². The van der Waals surface area contributed by atoms with Crippen molar-refractivity contribution in [3.8, 4) is 33.4 Å². The maximum atomic E-state index is 7.32. The predicted octanol–water partition coefficient (Wildman–Crippen LogP) is 15.5. The first-order chi connectivity index (χ1) is 27.8. The topological polar surface area (TPSA) is 16.4 Å². The molecule has 0 aliphatic rings. The lowest BCUT2D eigenvalue weighted by Gasteiger charge is -2.26. The lowest BCUT2D eigenvalue weighted by atomic mass is 9.92. The van der Waals surface area contributed by atoms with Gasteiger partial charge in [-0.15, -0.1) is 0 Å². The van der Waals surface area contributed by atoms with Gasteiger partial charge in [-0.1, -0.05) is 176 Å². The largest absolute Gasteiger partial charge is 0.453 e. The van der Waals surface area contributed by atoms with Crippen LogP contribution in [0.4, 0.5) is 17.1 Å². The average molecular weight is 714 g/mol. The van der Waals surface area contributed by atoms with Crippen molar-refractivity contribution < 1.29 is 4.42 Å². The van der Waals surface area contributed by atoms with Gasteiger partial charge in [0.25, 0.3) is 0 Å². The number of anilines is 3. The molecule has 1 aromatic heterocycles. The molecule has 0 saturated heterocycles. The zero-order valence-electron chi connectivity index (χ0n) is 30.6. The first-order valence-electron chi connectivity index (χ1n) is 19.2. The van der Waals surface area contributed by atoms with Gasteiger partial charge < -0.3 is 9.32 Å². The van der Waals surface area contributed by atoms with Gasteiger partial charge in [0.1, 0.15) is 5.58 Å². The van der Waals surface area contributed by atoms with E-state index in [1.54, 1.807) is 0 Å². The summed E-state index contributed by atoms with van der Waals surface area (Å²) in [7, 11) is 0. The van der Waals surface area contributed by atoms with Crippen molar-refractivity contribution in [1.82, 2.24) is 0 Å².